The summed E-state index contributed by atoms with van der Waals surface area (Å²) >= 11 is 12.4. The SMILES string of the molecule is CCCOc1cccc(C(O)=C2C(=O)C(=O)N(CCCN(CC)CC)C2c2ccc(Cl)c(Cl)c2)c1. The second-order valence-electron chi connectivity index (χ2n) is 8.42. The summed E-state index contributed by atoms with van der Waals surface area (Å²) in [5, 5.41) is 12.0. The van der Waals surface area contributed by atoms with Gasteiger partial charge in [-0.05, 0) is 62.3 Å². The molecule has 1 unspecified atom stereocenters. The van der Waals surface area contributed by atoms with Crippen molar-refractivity contribution in [3.05, 3.63) is 69.2 Å². The highest BCUT2D eigenvalue weighted by atomic mass is 35.5. The second kappa shape index (κ2) is 12.4. The zero-order chi connectivity index (χ0) is 25.5. The molecule has 1 amide bonds. The van der Waals surface area contributed by atoms with Crippen LogP contribution in [0, 0.1) is 0 Å². The number of ketones is 1. The van der Waals surface area contributed by atoms with Crippen LogP contribution in [0.2, 0.25) is 10.0 Å². The minimum atomic E-state index is -0.776. The Kier molecular flexibility index (Phi) is 9.61. The normalized spacial score (nSPS) is 17.4. The molecule has 2 aromatic carbocycles. The topological polar surface area (TPSA) is 70.1 Å². The van der Waals surface area contributed by atoms with Gasteiger partial charge in [-0.3, -0.25) is 9.59 Å². The molecule has 0 radical (unpaired) electrons. The number of Topliss-reactive ketones (excluding diaryl/α,β-unsaturated/α-hetero) is 1. The first-order chi connectivity index (χ1) is 16.8. The van der Waals surface area contributed by atoms with E-state index in [2.05, 4.69) is 18.7 Å². The van der Waals surface area contributed by atoms with E-state index in [1.165, 1.54) is 4.90 Å². The summed E-state index contributed by atoms with van der Waals surface area (Å²) < 4.78 is 5.68. The molecule has 35 heavy (non-hydrogen) atoms. The Morgan fingerprint density at radius 3 is 2.46 bits per heavy atom. The third-order valence-corrected chi connectivity index (χ3v) is 6.89. The molecule has 0 spiro atoms. The van der Waals surface area contributed by atoms with Crippen molar-refractivity contribution < 1.29 is 19.4 Å². The number of amides is 1. The molecule has 2 aromatic rings. The number of benzene rings is 2. The number of aliphatic hydroxyl groups excluding tert-OH is 1. The number of hydrogen-bond acceptors (Lipinski definition) is 5. The van der Waals surface area contributed by atoms with Crippen molar-refractivity contribution in [2.75, 3.05) is 32.8 Å². The molecule has 0 bridgehead atoms. The Labute approximate surface area is 217 Å². The lowest BCUT2D eigenvalue weighted by Gasteiger charge is -2.27. The molecular formula is C27H32Cl2N2O4. The fourth-order valence-electron chi connectivity index (χ4n) is 4.25. The highest BCUT2D eigenvalue weighted by Crippen LogP contribution is 2.41. The largest absolute Gasteiger partial charge is 0.507 e. The summed E-state index contributed by atoms with van der Waals surface area (Å²) in [5.74, 6) is -1.02. The first-order valence-electron chi connectivity index (χ1n) is 12.0. The monoisotopic (exact) mass is 518 g/mol. The van der Waals surface area contributed by atoms with Crippen molar-refractivity contribution in [2.24, 2.45) is 0 Å². The number of ether oxygens (including phenoxy) is 1. The Bertz CT molecular complexity index is 1100. The first-order valence-corrected chi connectivity index (χ1v) is 12.8. The van der Waals surface area contributed by atoms with Crippen molar-refractivity contribution in [2.45, 2.75) is 39.7 Å². The molecule has 0 saturated carbocycles. The molecule has 8 heteroatoms. The molecule has 0 aliphatic carbocycles. The predicted octanol–water partition coefficient (Wildman–Crippen LogP) is 5.94. The second-order valence-corrected chi connectivity index (χ2v) is 9.24. The van der Waals surface area contributed by atoms with Gasteiger partial charge in [0, 0.05) is 12.1 Å². The zero-order valence-electron chi connectivity index (χ0n) is 20.4. The van der Waals surface area contributed by atoms with Crippen LogP contribution in [-0.2, 0) is 9.59 Å². The summed E-state index contributed by atoms with van der Waals surface area (Å²) in [5.41, 5.74) is 1.05. The number of hydrogen-bond donors (Lipinski definition) is 1. The molecule has 1 N–H and O–H groups in total. The van der Waals surface area contributed by atoms with E-state index in [9.17, 15) is 14.7 Å². The maximum absolute atomic E-state index is 13.2. The van der Waals surface area contributed by atoms with E-state index in [1.807, 2.05) is 6.92 Å². The van der Waals surface area contributed by atoms with Crippen LogP contribution in [0.15, 0.2) is 48.0 Å². The molecule has 1 saturated heterocycles. The predicted molar refractivity (Wildman–Crippen MR) is 140 cm³/mol. The molecule has 1 aliphatic heterocycles. The standard InChI is InChI=1S/C27H32Cl2N2O4/c1-4-15-35-20-10-7-9-19(16-20)25(32)23-24(18-11-12-21(28)22(29)17-18)31(27(34)26(23)33)14-8-13-30(5-2)6-3/h7,9-12,16-17,24,32H,4-6,8,13-15H2,1-3H3. The van der Waals surface area contributed by atoms with Crippen LogP contribution in [0.25, 0.3) is 5.76 Å². The van der Waals surface area contributed by atoms with Gasteiger partial charge in [0.25, 0.3) is 11.7 Å². The van der Waals surface area contributed by atoms with Crippen molar-refractivity contribution in [3.63, 3.8) is 0 Å². The van der Waals surface area contributed by atoms with Crippen LogP contribution >= 0.6 is 23.2 Å². The number of carbonyl (C=O) groups is 2. The number of likely N-dealkylation sites (tertiary alicyclic amines) is 1. The summed E-state index contributed by atoms with van der Waals surface area (Å²) in [7, 11) is 0. The molecule has 0 aromatic heterocycles. The molecule has 1 heterocycles. The van der Waals surface area contributed by atoms with Crippen LogP contribution in [-0.4, -0.2) is 59.4 Å². The summed E-state index contributed by atoms with van der Waals surface area (Å²) in [6.45, 7) is 9.67. The fourth-order valence-corrected chi connectivity index (χ4v) is 4.56. The molecule has 1 fully saturated rings. The first kappa shape index (κ1) is 27.1. The zero-order valence-corrected chi connectivity index (χ0v) is 21.9. The van der Waals surface area contributed by atoms with Crippen LogP contribution in [0.1, 0.15) is 50.8 Å². The number of aliphatic hydroxyl groups is 1. The summed E-state index contributed by atoms with van der Waals surface area (Å²) in [6.07, 6.45) is 1.53. The van der Waals surface area contributed by atoms with Crippen molar-refractivity contribution >= 4 is 40.7 Å². The smallest absolute Gasteiger partial charge is 0.295 e. The van der Waals surface area contributed by atoms with Crippen LogP contribution in [0.3, 0.4) is 0 Å². The van der Waals surface area contributed by atoms with Gasteiger partial charge >= 0.3 is 0 Å². The number of halogens is 2. The Morgan fingerprint density at radius 1 is 1.06 bits per heavy atom. The number of carbonyl (C=O) groups excluding carboxylic acids is 2. The van der Waals surface area contributed by atoms with Gasteiger partial charge in [0.1, 0.15) is 11.5 Å². The van der Waals surface area contributed by atoms with Gasteiger partial charge in [0.2, 0.25) is 0 Å². The maximum atomic E-state index is 13.2. The molecular weight excluding hydrogens is 487 g/mol. The van der Waals surface area contributed by atoms with Gasteiger partial charge in [-0.15, -0.1) is 0 Å². The third kappa shape index (κ3) is 6.18. The summed E-state index contributed by atoms with van der Waals surface area (Å²) in [6, 6.07) is 11.1. The lowest BCUT2D eigenvalue weighted by molar-refractivity contribution is -0.140. The van der Waals surface area contributed by atoms with E-state index in [1.54, 1.807) is 42.5 Å². The van der Waals surface area contributed by atoms with Crippen LogP contribution < -0.4 is 4.74 Å². The number of rotatable bonds is 11. The average Bonchev–Trinajstić information content (AvgIpc) is 3.11. The molecule has 1 atom stereocenters. The van der Waals surface area contributed by atoms with Gasteiger partial charge in [-0.1, -0.05) is 62.2 Å². The van der Waals surface area contributed by atoms with Gasteiger partial charge < -0.3 is 19.6 Å². The summed E-state index contributed by atoms with van der Waals surface area (Å²) in [4.78, 5) is 30.1. The average molecular weight is 519 g/mol. The van der Waals surface area contributed by atoms with Crippen molar-refractivity contribution in [1.29, 1.82) is 0 Å². The van der Waals surface area contributed by atoms with Crippen molar-refractivity contribution in [3.8, 4) is 5.75 Å². The molecule has 1 aliphatic rings. The molecule has 6 nitrogen and oxygen atoms in total. The van der Waals surface area contributed by atoms with E-state index >= 15 is 0 Å². The van der Waals surface area contributed by atoms with E-state index in [-0.39, 0.29) is 11.3 Å². The Morgan fingerprint density at radius 2 is 1.80 bits per heavy atom. The van der Waals surface area contributed by atoms with Gasteiger partial charge in [-0.2, -0.15) is 0 Å². The van der Waals surface area contributed by atoms with Crippen LogP contribution in [0.5, 0.6) is 5.75 Å². The van der Waals surface area contributed by atoms with Gasteiger partial charge in [0.05, 0.1) is 28.3 Å². The highest BCUT2D eigenvalue weighted by molar-refractivity contribution is 6.46. The quantitative estimate of drug-likeness (QED) is 0.226. The fraction of sp³-hybridized carbons (Fsp3) is 0.407. The van der Waals surface area contributed by atoms with Crippen molar-refractivity contribution in [1.82, 2.24) is 9.80 Å². The van der Waals surface area contributed by atoms with E-state index in [0.29, 0.717) is 46.5 Å². The molecule has 188 valence electrons. The van der Waals surface area contributed by atoms with E-state index < -0.39 is 17.7 Å². The highest BCUT2D eigenvalue weighted by Gasteiger charge is 2.46. The van der Waals surface area contributed by atoms with E-state index in [0.717, 1.165) is 26.1 Å². The minimum Gasteiger partial charge on any atom is -0.507 e. The van der Waals surface area contributed by atoms with E-state index in [4.69, 9.17) is 27.9 Å². The Balaban J connectivity index is 2.05. The number of nitrogens with zero attached hydrogens (tertiary/aromatic N) is 2. The van der Waals surface area contributed by atoms with Gasteiger partial charge in [0.15, 0.2) is 0 Å². The maximum Gasteiger partial charge on any atom is 0.295 e. The van der Waals surface area contributed by atoms with Crippen LogP contribution in [0.4, 0.5) is 0 Å². The molecule has 3 rings (SSSR count). The minimum absolute atomic E-state index is 0.0314. The van der Waals surface area contributed by atoms with Gasteiger partial charge in [-0.25, -0.2) is 0 Å². The third-order valence-electron chi connectivity index (χ3n) is 6.15. The lowest BCUT2D eigenvalue weighted by Crippen LogP contribution is -2.33. The lowest BCUT2D eigenvalue weighted by atomic mass is 9.95. The Hall–Kier alpha value is -2.54.